The van der Waals surface area contributed by atoms with Gasteiger partial charge in [0, 0.05) is 25.3 Å². The monoisotopic (exact) mass is 259 g/mol. The number of aromatic nitrogens is 2. The molecule has 2 heterocycles. The zero-order valence-electron chi connectivity index (χ0n) is 9.81. The van der Waals surface area contributed by atoms with Crippen molar-refractivity contribution in [2.24, 2.45) is 5.92 Å². The van der Waals surface area contributed by atoms with Gasteiger partial charge in [-0.25, -0.2) is 8.78 Å². The van der Waals surface area contributed by atoms with Crippen molar-refractivity contribution in [1.82, 2.24) is 9.78 Å². The van der Waals surface area contributed by atoms with Crippen molar-refractivity contribution >= 4 is 11.6 Å². The van der Waals surface area contributed by atoms with Gasteiger partial charge in [0.15, 0.2) is 0 Å². The molecule has 1 amide bonds. The molecular formula is C11H15F2N3O2. The Kier molecular flexibility index (Phi) is 4.24. The summed E-state index contributed by atoms with van der Waals surface area (Å²) in [4.78, 5) is 11.8. The predicted molar refractivity (Wildman–Crippen MR) is 60.4 cm³/mol. The number of hydrogen-bond acceptors (Lipinski definition) is 3. The van der Waals surface area contributed by atoms with E-state index in [9.17, 15) is 13.6 Å². The third-order valence-corrected chi connectivity index (χ3v) is 2.82. The second-order valence-corrected chi connectivity index (χ2v) is 4.22. The van der Waals surface area contributed by atoms with Crippen LogP contribution in [-0.2, 0) is 16.1 Å². The number of amides is 1. The lowest BCUT2D eigenvalue weighted by atomic mass is 9.99. The molecule has 1 aliphatic rings. The van der Waals surface area contributed by atoms with Crippen molar-refractivity contribution in [1.29, 1.82) is 0 Å². The molecule has 1 saturated heterocycles. The van der Waals surface area contributed by atoms with E-state index in [1.54, 1.807) is 0 Å². The number of nitrogens with one attached hydrogen (secondary N) is 1. The largest absolute Gasteiger partial charge is 0.381 e. The first kappa shape index (κ1) is 12.9. The zero-order valence-corrected chi connectivity index (χ0v) is 9.81. The number of nitrogens with zero attached hydrogens (tertiary/aromatic N) is 2. The van der Waals surface area contributed by atoms with Gasteiger partial charge in [-0.1, -0.05) is 0 Å². The van der Waals surface area contributed by atoms with Gasteiger partial charge in [0.05, 0.1) is 11.9 Å². The van der Waals surface area contributed by atoms with Crippen LogP contribution in [0.2, 0.25) is 0 Å². The summed E-state index contributed by atoms with van der Waals surface area (Å²) >= 11 is 0. The summed E-state index contributed by atoms with van der Waals surface area (Å²) in [5.74, 6) is -0.174. The van der Waals surface area contributed by atoms with Crippen molar-refractivity contribution < 1.29 is 18.3 Å². The molecule has 1 aliphatic heterocycles. The van der Waals surface area contributed by atoms with Gasteiger partial charge in [-0.15, -0.1) is 0 Å². The fraction of sp³-hybridized carbons (Fsp3) is 0.636. The SMILES string of the molecule is O=C(Nc1cnn(CC(F)F)c1)C1CCOCC1. The van der Waals surface area contributed by atoms with Crippen LogP contribution < -0.4 is 5.32 Å². The molecule has 7 heteroatoms. The maximum absolute atomic E-state index is 12.1. The molecule has 0 aliphatic carbocycles. The zero-order chi connectivity index (χ0) is 13.0. The van der Waals surface area contributed by atoms with Crippen LogP contribution >= 0.6 is 0 Å². The van der Waals surface area contributed by atoms with E-state index in [0.717, 1.165) is 4.68 Å². The van der Waals surface area contributed by atoms with Gasteiger partial charge in [0.1, 0.15) is 6.54 Å². The van der Waals surface area contributed by atoms with E-state index in [2.05, 4.69) is 10.4 Å². The van der Waals surface area contributed by atoms with Crippen LogP contribution in [0.5, 0.6) is 0 Å². The standard InChI is InChI=1S/C11H15F2N3O2/c12-10(13)7-16-6-9(5-14-16)15-11(17)8-1-3-18-4-2-8/h5-6,8,10H,1-4,7H2,(H,15,17). The Morgan fingerprint density at radius 1 is 1.56 bits per heavy atom. The van der Waals surface area contributed by atoms with Crippen molar-refractivity contribution in [3.63, 3.8) is 0 Å². The van der Waals surface area contributed by atoms with Crippen LogP contribution in [0.1, 0.15) is 12.8 Å². The summed E-state index contributed by atoms with van der Waals surface area (Å²) in [6.07, 6.45) is 1.71. The molecule has 18 heavy (non-hydrogen) atoms. The Hall–Kier alpha value is -1.50. The Bertz CT molecular complexity index is 403. The molecule has 1 fully saturated rings. The van der Waals surface area contributed by atoms with E-state index in [1.165, 1.54) is 12.4 Å². The summed E-state index contributed by atoms with van der Waals surface area (Å²) in [5, 5.41) is 6.43. The minimum atomic E-state index is -2.45. The first-order valence-electron chi connectivity index (χ1n) is 5.84. The van der Waals surface area contributed by atoms with Crippen LogP contribution in [-0.4, -0.2) is 35.3 Å². The van der Waals surface area contributed by atoms with Crippen molar-refractivity contribution in [3.8, 4) is 0 Å². The first-order chi connectivity index (χ1) is 8.65. The highest BCUT2D eigenvalue weighted by Gasteiger charge is 2.21. The topological polar surface area (TPSA) is 56.2 Å². The Morgan fingerprint density at radius 2 is 2.28 bits per heavy atom. The molecule has 2 rings (SSSR count). The molecule has 0 radical (unpaired) electrons. The number of carbonyl (C=O) groups excluding carboxylic acids is 1. The van der Waals surface area contributed by atoms with E-state index in [1.807, 2.05) is 0 Å². The van der Waals surface area contributed by atoms with Gasteiger partial charge in [0.2, 0.25) is 5.91 Å². The Labute approximate surface area is 103 Å². The fourth-order valence-electron chi connectivity index (χ4n) is 1.87. The van der Waals surface area contributed by atoms with Gasteiger partial charge < -0.3 is 10.1 Å². The van der Waals surface area contributed by atoms with Crippen molar-refractivity contribution in [2.75, 3.05) is 18.5 Å². The molecule has 100 valence electrons. The van der Waals surface area contributed by atoms with Crippen LogP contribution in [0.3, 0.4) is 0 Å². The molecule has 1 aromatic heterocycles. The lowest BCUT2D eigenvalue weighted by Crippen LogP contribution is -2.28. The molecule has 1 N–H and O–H groups in total. The number of hydrogen-bond donors (Lipinski definition) is 1. The molecular weight excluding hydrogens is 244 g/mol. The number of carbonyl (C=O) groups is 1. The number of rotatable bonds is 4. The average molecular weight is 259 g/mol. The summed E-state index contributed by atoms with van der Waals surface area (Å²) in [5.41, 5.74) is 0.451. The van der Waals surface area contributed by atoms with E-state index in [0.29, 0.717) is 31.7 Å². The molecule has 0 atom stereocenters. The fourth-order valence-corrected chi connectivity index (χ4v) is 1.87. The third kappa shape index (κ3) is 3.49. The molecule has 0 bridgehead atoms. The van der Waals surface area contributed by atoms with Gasteiger partial charge in [-0.05, 0) is 12.8 Å². The molecule has 1 aromatic rings. The van der Waals surface area contributed by atoms with Crippen LogP contribution in [0.4, 0.5) is 14.5 Å². The number of ether oxygens (including phenoxy) is 1. The van der Waals surface area contributed by atoms with E-state index >= 15 is 0 Å². The Balaban J connectivity index is 1.88. The maximum atomic E-state index is 12.1. The van der Waals surface area contributed by atoms with Crippen molar-refractivity contribution in [2.45, 2.75) is 25.8 Å². The highest BCUT2D eigenvalue weighted by atomic mass is 19.3. The molecule has 0 saturated carbocycles. The Morgan fingerprint density at radius 3 is 2.94 bits per heavy atom. The normalized spacial score (nSPS) is 17.1. The minimum absolute atomic E-state index is 0.0720. The minimum Gasteiger partial charge on any atom is -0.381 e. The summed E-state index contributed by atoms with van der Waals surface area (Å²) in [7, 11) is 0. The van der Waals surface area contributed by atoms with Crippen LogP contribution in [0, 0.1) is 5.92 Å². The van der Waals surface area contributed by atoms with Gasteiger partial charge in [0.25, 0.3) is 6.43 Å². The van der Waals surface area contributed by atoms with Crippen molar-refractivity contribution in [3.05, 3.63) is 12.4 Å². The number of alkyl halides is 2. The number of anilines is 1. The summed E-state index contributed by atoms with van der Waals surface area (Å²) in [6.45, 7) is 0.707. The highest BCUT2D eigenvalue weighted by molar-refractivity contribution is 5.92. The lowest BCUT2D eigenvalue weighted by Gasteiger charge is -2.20. The molecule has 0 unspecified atom stereocenters. The van der Waals surface area contributed by atoms with Crippen LogP contribution in [0.25, 0.3) is 0 Å². The number of halogens is 2. The summed E-state index contributed by atoms with van der Waals surface area (Å²) < 4.78 is 30.5. The lowest BCUT2D eigenvalue weighted by molar-refractivity contribution is -0.122. The van der Waals surface area contributed by atoms with Crippen LogP contribution in [0.15, 0.2) is 12.4 Å². The van der Waals surface area contributed by atoms with Gasteiger partial charge >= 0.3 is 0 Å². The summed E-state index contributed by atoms with van der Waals surface area (Å²) in [6, 6.07) is 0. The van der Waals surface area contributed by atoms with Gasteiger partial charge in [-0.2, -0.15) is 5.10 Å². The molecule has 5 nitrogen and oxygen atoms in total. The third-order valence-electron chi connectivity index (χ3n) is 2.82. The highest BCUT2D eigenvalue weighted by Crippen LogP contribution is 2.17. The molecule has 0 aromatic carbocycles. The second kappa shape index (κ2) is 5.90. The van der Waals surface area contributed by atoms with Gasteiger partial charge in [-0.3, -0.25) is 9.48 Å². The van der Waals surface area contributed by atoms with E-state index < -0.39 is 13.0 Å². The molecule has 0 spiro atoms. The first-order valence-corrected chi connectivity index (χ1v) is 5.84. The predicted octanol–water partition coefficient (Wildman–Crippen LogP) is 1.51. The average Bonchev–Trinajstić information content (AvgIpc) is 2.76. The quantitative estimate of drug-likeness (QED) is 0.891. The second-order valence-electron chi connectivity index (χ2n) is 4.22. The maximum Gasteiger partial charge on any atom is 0.257 e. The van der Waals surface area contributed by atoms with E-state index in [-0.39, 0.29) is 11.8 Å². The smallest absolute Gasteiger partial charge is 0.257 e. The van der Waals surface area contributed by atoms with E-state index in [4.69, 9.17) is 4.74 Å².